The van der Waals surface area contributed by atoms with Gasteiger partial charge in [-0.05, 0) is 18.8 Å². The Morgan fingerprint density at radius 1 is 1.36 bits per heavy atom. The van der Waals surface area contributed by atoms with Crippen molar-refractivity contribution in [2.45, 2.75) is 32.1 Å². The maximum absolute atomic E-state index is 4.43. The van der Waals surface area contributed by atoms with E-state index in [2.05, 4.69) is 22.3 Å². The average molecular weight is 195 g/mol. The molecule has 2 aliphatic rings. The minimum atomic E-state index is 0.889. The quantitative estimate of drug-likeness (QED) is 0.722. The fourth-order valence-electron chi connectivity index (χ4n) is 2.35. The summed E-state index contributed by atoms with van der Waals surface area (Å²) in [6.45, 7) is 3.17. The second-order valence-electron chi connectivity index (χ2n) is 4.51. The molecule has 2 rings (SSSR count). The zero-order chi connectivity index (χ0) is 9.80. The SMILES string of the molecule is CN1CCN=C1NCC1CCCCC1. The van der Waals surface area contributed by atoms with Crippen molar-refractivity contribution in [1.82, 2.24) is 10.2 Å². The Morgan fingerprint density at radius 2 is 2.14 bits per heavy atom. The lowest BCUT2D eigenvalue weighted by Gasteiger charge is -2.23. The number of nitrogens with one attached hydrogen (secondary N) is 1. The highest BCUT2D eigenvalue weighted by Gasteiger charge is 2.16. The molecule has 0 atom stereocenters. The highest BCUT2D eigenvalue weighted by Crippen LogP contribution is 2.22. The first-order valence-electron chi connectivity index (χ1n) is 5.86. The summed E-state index contributed by atoms with van der Waals surface area (Å²) in [5, 5.41) is 3.48. The van der Waals surface area contributed by atoms with Crippen molar-refractivity contribution in [2.75, 3.05) is 26.7 Å². The summed E-state index contributed by atoms with van der Waals surface area (Å²) in [6.07, 6.45) is 7.11. The molecule has 0 amide bonds. The minimum Gasteiger partial charge on any atom is -0.356 e. The van der Waals surface area contributed by atoms with Gasteiger partial charge in [-0.25, -0.2) is 0 Å². The van der Waals surface area contributed by atoms with Crippen LogP contribution in [-0.4, -0.2) is 37.5 Å². The summed E-state index contributed by atoms with van der Waals surface area (Å²) >= 11 is 0. The van der Waals surface area contributed by atoms with Gasteiger partial charge in [-0.1, -0.05) is 19.3 Å². The number of likely N-dealkylation sites (N-methyl/N-ethyl adjacent to an activating group) is 1. The van der Waals surface area contributed by atoms with Crippen molar-refractivity contribution >= 4 is 5.96 Å². The van der Waals surface area contributed by atoms with Crippen LogP contribution in [0.25, 0.3) is 0 Å². The molecule has 0 unspecified atom stereocenters. The first kappa shape index (κ1) is 9.81. The summed E-state index contributed by atoms with van der Waals surface area (Å²) in [5.74, 6) is 2.00. The van der Waals surface area contributed by atoms with Crippen LogP contribution in [-0.2, 0) is 0 Å². The van der Waals surface area contributed by atoms with Crippen LogP contribution >= 0.6 is 0 Å². The van der Waals surface area contributed by atoms with Crippen molar-refractivity contribution in [3.8, 4) is 0 Å². The van der Waals surface area contributed by atoms with Gasteiger partial charge in [-0.15, -0.1) is 0 Å². The summed E-state index contributed by atoms with van der Waals surface area (Å²) < 4.78 is 0. The van der Waals surface area contributed by atoms with E-state index < -0.39 is 0 Å². The van der Waals surface area contributed by atoms with Crippen molar-refractivity contribution in [2.24, 2.45) is 10.9 Å². The molecule has 1 saturated carbocycles. The van der Waals surface area contributed by atoms with Crippen molar-refractivity contribution in [3.05, 3.63) is 0 Å². The second kappa shape index (κ2) is 4.67. The fraction of sp³-hybridized carbons (Fsp3) is 0.909. The normalized spacial score (nSPS) is 23.8. The molecule has 0 spiro atoms. The Bertz CT molecular complexity index is 207. The molecule has 0 saturated heterocycles. The van der Waals surface area contributed by atoms with Crippen LogP contribution < -0.4 is 5.32 Å². The Hall–Kier alpha value is -0.730. The zero-order valence-electron chi connectivity index (χ0n) is 9.13. The second-order valence-corrected chi connectivity index (χ2v) is 4.51. The first-order chi connectivity index (χ1) is 6.86. The topological polar surface area (TPSA) is 27.6 Å². The Balaban J connectivity index is 1.70. The molecular formula is C11H21N3. The highest BCUT2D eigenvalue weighted by molar-refractivity contribution is 5.81. The molecule has 1 aliphatic heterocycles. The molecule has 1 heterocycles. The van der Waals surface area contributed by atoms with E-state index in [0.29, 0.717) is 0 Å². The van der Waals surface area contributed by atoms with Gasteiger partial charge in [0.25, 0.3) is 0 Å². The predicted molar refractivity (Wildman–Crippen MR) is 59.5 cm³/mol. The number of rotatable bonds is 2. The van der Waals surface area contributed by atoms with E-state index in [9.17, 15) is 0 Å². The third kappa shape index (κ3) is 2.40. The monoisotopic (exact) mass is 195 g/mol. The lowest BCUT2D eigenvalue weighted by atomic mass is 9.89. The van der Waals surface area contributed by atoms with Crippen LogP contribution in [0.1, 0.15) is 32.1 Å². The van der Waals surface area contributed by atoms with Crippen LogP contribution in [0, 0.1) is 5.92 Å². The number of hydrogen-bond donors (Lipinski definition) is 1. The predicted octanol–water partition coefficient (Wildman–Crippen LogP) is 1.46. The molecule has 0 radical (unpaired) electrons. The van der Waals surface area contributed by atoms with E-state index in [4.69, 9.17) is 0 Å². The molecule has 3 nitrogen and oxygen atoms in total. The lowest BCUT2D eigenvalue weighted by Crippen LogP contribution is -2.38. The summed E-state index contributed by atoms with van der Waals surface area (Å²) in [7, 11) is 2.11. The van der Waals surface area contributed by atoms with Crippen LogP contribution in [0.3, 0.4) is 0 Å². The van der Waals surface area contributed by atoms with E-state index in [1.54, 1.807) is 0 Å². The maximum Gasteiger partial charge on any atom is 0.193 e. The largest absolute Gasteiger partial charge is 0.356 e. The van der Waals surface area contributed by atoms with Gasteiger partial charge in [0.1, 0.15) is 0 Å². The molecule has 1 fully saturated rings. The molecule has 14 heavy (non-hydrogen) atoms. The molecule has 80 valence electrons. The van der Waals surface area contributed by atoms with Gasteiger partial charge in [-0.2, -0.15) is 0 Å². The number of guanidine groups is 1. The number of aliphatic imine (C=N–C) groups is 1. The number of nitrogens with zero attached hydrogens (tertiary/aromatic N) is 2. The van der Waals surface area contributed by atoms with Crippen molar-refractivity contribution < 1.29 is 0 Å². The van der Waals surface area contributed by atoms with E-state index in [1.165, 1.54) is 32.1 Å². The van der Waals surface area contributed by atoms with Crippen molar-refractivity contribution in [1.29, 1.82) is 0 Å². The Labute approximate surface area is 86.6 Å². The first-order valence-corrected chi connectivity index (χ1v) is 5.86. The highest BCUT2D eigenvalue weighted by atomic mass is 15.3. The van der Waals surface area contributed by atoms with Gasteiger partial charge in [0.15, 0.2) is 5.96 Å². The van der Waals surface area contributed by atoms with Crippen LogP contribution in [0.2, 0.25) is 0 Å². The van der Waals surface area contributed by atoms with Crippen LogP contribution in [0.4, 0.5) is 0 Å². The molecule has 1 aliphatic carbocycles. The van der Waals surface area contributed by atoms with Gasteiger partial charge in [0, 0.05) is 20.1 Å². The van der Waals surface area contributed by atoms with Gasteiger partial charge in [0.2, 0.25) is 0 Å². The molecule has 0 aromatic carbocycles. The molecule has 0 aromatic heterocycles. The summed E-state index contributed by atoms with van der Waals surface area (Å²) in [4.78, 5) is 6.64. The number of hydrogen-bond acceptors (Lipinski definition) is 3. The molecule has 1 N–H and O–H groups in total. The molecule has 0 aromatic rings. The lowest BCUT2D eigenvalue weighted by molar-refractivity contribution is 0.353. The Kier molecular flexibility index (Phi) is 3.27. The third-order valence-electron chi connectivity index (χ3n) is 3.33. The van der Waals surface area contributed by atoms with Gasteiger partial charge in [-0.3, -0.25) is 4.99 Å². The summed E-state index contributed by atoms with van der Waals surface area (Å²) in [6, 6.07) is 0. The molecule has 0 bridgehead atoms. The van der Waals surface area contributed by atoms with Crippen LogP contribution in [0.5, 0.6) is 0 Å². The van der Waals surface area contributed by atoms with E-state index in [-0.39, 0.29) is 0 Å². The third-order valence-corrected chi connectivity index (χ3v) is 3.33. The zero-order valence-corrected chi connectivity index (χ0v) is 9.13. The fourth-order valence-corrected chi connectivity index (χ4v) is 2.35. The molecular weight excluding hydrogens is 174 g/mol. The van der Waals surface area contributed by atoms with E-state index in [0.717, 1.165) is 31.5 Å². The standard InChI is InChI=1S/C11H21N3/c1-14-8-7-12-11(14)13-9-10-5-3-2-4-6-10/h10H,2-9H2,1H3,(H,12,13). The van der Waals surface area contributed by atoms with Gasteiger partial charge >= 0.3 is 0 Å². The minimum absolute atomic E-state index is 0.889. The van der Waals surface area contributed by atoms with Crippen molar-refractivity contribution in [3.63, 3.8) is 0 Å². The average Bonchev–Trinajstić information content (AvgIpc) is 2.63. The van der Waals surface area contributed by atoms with Gasteiger partial charge in [0.05, 0.1) is 6.54 Å². The maximum atomic E-state index is 4.43. The molecule has 3 heteroatoms. The smallest absolute Gasteiger partial charge is 0.193 e. The van der Waals surface area contributed by atoms with Gasteiger partial charge < -0.3 is 10.2 Å². The van der Waals surface area contributed by atoms with E-state index in [1.807, 2.05) is 0 Å². The Morgan fingerprint density at radius 3 is 2.79 bits per heavy atom. The van der Waals surface area contributed by atoms with E-state index >= 15 is 0 Å². The van der Waals surface area contributed by atoms with Crippen LogP contribution in [0.15, 0.2) is 4.99 Å². The summed E-state index contributed by atoms with van der Waals surface area (Å²) in [5.41, 5.74) is 0.